The molecule has 102 valence electrons. The standard InChI is InChI=1S/C14H28O3/c1-7-11(9-14(5,6)10-15)8-12(16)17-13(2,3)4/h11,15H,7-10H2,1-6H3/t11-/m0/s1. The number of esters is 1. The molecule has 1 N–H and O–H groups in total. The van der Waals surface area contributed by atoms with E-state index in [9.17, 15) is 9.90 Å². The van der Waals surface area contributed by atoms with Crippen LogP contribution in [0.4, 0.5) is 0 Å². The van der Waals surface area contributed by atoms with Gasteiger partial charge in [-0.05, 0) is 38.5 Å². The highest BCUT2D eigenvalue weighted by molar-refractivity contribution is 5.70. The van der Waals surface area contributed by atoms with E-state index in [1.165, 1.54) is 0 Å². The van der Waals surface area contributed by atoms with E-state index in [-0.39, 0.29) is 23.9 Å². The van der Waals surface area contributed by atoms with Crippen molar-refractivity contribution in [3.05, 3.63) is 0 Å². The fourth-order valence-corrected chi connectivity index (χ4v) is 1.83. The van der Waals surface area contributed by atoms with Crippen molar-refractivity contribution in [2.45, 2.75) is 66.4 Å². The summed E-state index contributed by atoms with van der Waals surface area (Å²) < 4.78 is 5.32. The van der Waals surface area contributed by atoms with Crippen molar-refractivity contribution in [2.24, 2.45) is 11.3 Å². The molecule has 0 aromatic carbocycles. The van der Waals surface area contributed by atoms with E-state index in [0.29, 0.717) is 6.42 Å². The van der Waals surface area contributed by atoms with Crippen LogP contribution >= 0.6 is 0 Å². The van der Waals surface area contributed by atoms with Crippen molar-refractivity contribution in [2.75, 3.05) is 6.61 Å². The predicted octanol–water partition coefficient (Wildman–Crippen LogP) is 3.15. The topological polar surface area (TPSA) is 46.5 Å². The van der Waals surface area contributed by atoms with Crippen LogP contribution in [0.15, 0.2) is 0 Å². The molecule has 0 unspecified atom stereocenters. The molecule has 0 aliphatic carbocycles. The Morgan fingerprint density at radius 2 is 1.76 bits per heavy atom. The summed E-state index contributed by atoms with van der Waals surface area (Å²) in [5.74, 6) is 0.144. The van der Waals surface area contributed by atoms with E-state index in [2.05, 4.69) is 6.92 Å². The van der Waals surface area contributed by atoms with Crippen molar-refractivity contribution in [1.82, 2.24) is 0 Å². The summed E-state index contributed by atoms with van der Waals surface area (Å²) in [7, 11) is 0. The second kappa shape index (κ2) is 6.39. The highest BCUT2D eigenvalue weighted by Crippen LogP contribution is 2.29. The van der Waals surface area contributed by atoms with Crippen LogP contribution < -0.4 is 0 Å². The van der Waals surface area contributed by atoms with Gasteiger partial charge in [-0.25, -0.2) is 0 Å². The van der Waals surface area contributed by atoms with Gasteiger partial charge in [0.1, 0.15) is 5.60 Å². The second-order valence-electron chi connectivity index (χ2n) is 6.59. The highest BCUT2D eigenvalue weighted by Gasteiger charge is 2.25. The number of carbonyl (C=O) groups is 1. The number of rotatable bonds is 6. The summed E-state index contributed by atoms with van der Waals surface area (Å²) >= 11 is 0. The first kappa shape index (κ1) is 16.4. The molecule has 0 rings (SSSR count). The van der Waals surface area contributed by atoms with E-state index in [0.717, 1.165) is 12.8 Å². The van der Waals surface area contributed by atoms with Gasteiger partial charge in [-0.15, -0.1) is 0 Å². The smallest absolute Gasteiger partial charge is 0.306 e. The third-order valence-corrected chi connectivity index (χ3v) is 2.72. The Hall–Kier alpha value is -0.570. The maximum absolute atomic E-state index is 11.7. The van der Waals surface area contributed by atoms with Crippen LogP contribution in [-0.2, 0) is 9.53 Å². The molecule has 0 radical (unpaired) electrons. The van der Waals surface area contributed by atoms with Crippen LogP contribution in [0.3, 0.4) is 0 Å². The maximum atomic E-state index is 11.7. The third-order valence-electron chi connectivity index (χ3n) is 2.72. The second-order valence-corrected chi connectivity index (χ2v) is 6.59. The van der Waals surface area contributed by atoms with E-state index in [1.54, 1.807) is 0 Å². The summed E-state index contributed by atoms with van der Waals surface area (Å²) in [5.41, 5.74) is -0.537. The number of hydrogen-bond donors (Lipinski definition) is 1. The van der Waals surface area contributed by atoms with Gasteiger partial charge >= 0.3 is 5.97 Å². The summed E-state index contributed by atoms with van der Waals surface area (Å²) in [4.78, 5) is 11.7. The van der Waals surface area contributed by atoms with E-state index < -0.39 is 5.60 Å². The van der Waals surface area contributed by atoms with Crippen LogP contribution in [0.1, 0.15) is 60.8 Å². The Labute approximate surface area is 106 Å². The van der Waals surface area contributed by atoms with Gasteiger partial charge in [0.2, 0.25) is 0 Å². The summed E-state index contributed by atoms with van der Waals surface area (Å²) in [6, 6.07) is 0. The lowest BCUT2D eigenvalue weighted by molar-refractivity contribution is -0.156. The van der Waals surface area contributed by atoms with Crippen molar-refractivity contribution >= 4 is 5.97 Å². The molecule has 0 saturated carbocycles. The molecule has 17 heavy (non-hydrogen) atoms. The largest absolute Gasteiger partial charge is 0.460 e. The minimum Gasteiger partial charge on any atom is -0.460 e. The Morgan fingerprint density at radius 1 is 1.24 bits per heavy atom. The van der Waals surface area contributed by atoms with Crippen LogP contribution in [0.25, 0.3) is 0 Å². The van der Waals surface area contributed by atoms with Gasteiger partial charge in [-0.2, -0.15) is 0 Å². The van der Waals surface area contributed by atoms with Gasteiger partial charge in [-0.3, -0.25) is 4.79 Å². The molecule has 0 aromatic rings. The first-order chi connectivity index (χ1) is 7.59. The molecule has 0 aliphatic rings. The maximum Gasteiger partial charge on any atom is 0.306 e. The first-order valence-electron chi connectivity index (χ1n) is 6.42. The molecule has 0 heterocycles. The zero-order valence-corrected chi connectivity index (χ0v) is 12.2. The molecular weight excluding hydrogens is 216 g/mol. The zero-order chi connectivity index (χ0) is 13.7. The number of hydrogen-bond acceptors (Lipinski definition) is 3. The molecule has 3 nitrogen and oxygen atoms in total. The number of aliphatic hydroxyl groups excluding tert-OH is 1. The number of ether oxygens (including phenoxy) is 1. The molecule has 3 heteroatoms. The Bertz CT molecular complexity index is 238. The molecule has 0 fully saturated rings. The van der Waals surface area contributed by atoms with Gasteiger partial charge in [-0.1, -0.05) is 27.2 Å². The molecule has 0 bridgehead atoms. The SMILES string of the molecule is CC[C@@H](CC(=O)OC(C)(C)C)CC(C)(C)CO. The lowest BCUT2D eigenvalue weighted by Gasteiger charge is -2.28. The Kier molecular flexibility index (Phi) is 6.17. The van der Waals surface area contributed by atoms with E-state index >= 15 is 0 Å². The minimum atomic E-state index is -0.415. The lowest BCUT2D eigenvalue weighted by Crippen LogP contribution is -2.27. The van der Waals surface area contributed by atoms with Gasteiger partial charge in [0.15, 0.2) is 0 Å². The van der Waals surface area contributed by atoms with Gasteiger partial charge < -0.3 is 9.84 Å². The molecule has 0 aliphatic heterocycles. The first-order valence-corrected chi connectivity index (χ1v) is 6.42. The molecular formula is C14H28O3. The van der Waals surface area contributed by atoms with Crippen LogP contribution in [-0.4, -0.2) is 23.3 Å². The zero-order valence-electron chi connectivity index (χ0n) is 12.2. The van der Waals surface area contributed by atoms with Gasteiger partial charge in [0.05, 0.1) is 0 Å². The number of aliphatic hydroxyl groups is 1. The normalized spacial score (nSPS) is 14.5. The molecule has 1 atom stereocenters. The van der Waals surface area contributed by atoms with Crippen molar-refractivity contribution < 1.29 is 14.6 Å². The summed E-state index contributed by atoms with van der Waals surface area (Å²) in [6.45, 7) is 11.9. The minimum absolute atomic E-state index is 0.122. The van der Waals surface area contributed by atoms with Crippen LogP contribution in [0.5, 0.6) is 0 Å². The lowest BCUT2D eigenvalue weighted by atomic mass is 9.81. The average molecular weight is 244 g/mol. The fourth-order valence-electron chi connectivity index (χ4n) is 1.83. The number of carbonyl (C=O) groups excluding carboxylic acids is 1. The van der Waals surface area contributed by atoms with E-state index in [1.807, 2.05) is 34.6 Å². The van der Waals surface area contributed by atoms with Crippen molar-refractivity contribution in [3.8, 4) is 0 Å². The average Bonchev–Trinajstić information content (AvgIpc) is 2.13. The molecule has 0 spiro atoms. The van der Waals surface area contributed by atoms with E-state index in [4.69, 9.17) is 4.74 Å². The van der Waals surface area contributed by atoms with Crippen molar-refractivity contribution in [1.29, 1.82) is 0 Å². The summed E-state index contributed by atoms with van der Waals surface area (Å²) in [6.07, 6.45) is 2.22. The Balaban J connectivity index is 4.27. The fraction of sp³-hybridized carbons (Fsp3) is 0.929. The summed E-state index contributed by atoms with van der Waals surface area (Å²) in [5, 5.41) is 9.24. The molecule has 0 aromatic heterocycles. The molecule has 0 saturated heterocycles. The van der Waals surface area contributed by atoms with Crippen molar-refractivity contribution in [3.63, 3.8) is 0 Å². The van der Waals surface area contributed by atoms with Crippen LogP contribution in [0.2, 0.25) is 0 Å². The highest BCUT2D eigenvalue weighted by atomic mass is 16.6. The quantitative estimate of drug-likeness (QED) is 0.730. The molecule has 0 amide bonds. The monoisotopic (exact) mass is 244 g/mol. The Morgan fingerprint density at radius 3 is 2.12 bits per heavy atom. The van der Waals surface area contributed by atoms with Gasteiger partial charge in [0, 0.05) is 13.0 Å². The predicted molar refractivity (Wildman–Crippen MR) is 69.7 cm³/mol. The van der Waals surface area contributed by atoms with Crippen LogP contribution in [0, 0.1) is 11.3 Å². The van der Waals surface area contributed by atoms with Gasteiger partial charge in [0.25, 0.3) is 0 Å². The third kappa shape index (κ3) is 8.19.